The number of aliphatic imine (C=N–C) groups is 1. The Balaban J connectivity index is 1.47. The fraction of sp³-hybridized carbons (Fsp3) is 0.467. The maximum absolute atomic E-state index is 13.3. The number of hydrogen-bond acceptors (Lipinski definition) is 5. The normalized spacial score (nSPS) is 23.4. The standard InChI is InChI=1S/C30H38N2O4/c1-6-35-27-21(2)18-25(19-31-27)24-14-12-23(13-15-24)22(3)32-17-16-30(36-28(32)33,20-29(4,5)34)26-10-8-7-9-11-26/h7-15,18,22,25,34H,6,16-17,19-20H2,1-5H3/t22?,25?,30-/m0/s1. The number of dihydropyridines is 1. The van der Waals surface area contributed by atoms with Crippen LogP contribution in [-0.4, -0.2) is 47.3 Å². The predicted octanol–water partition coefficient (Wildman–Crippen LogP) is 6.12. The van der Waals surface area contributed by atoms with E-state index in [2.05, 4.69) is 35.3 Å². The molecule has 0 aliphatic carbocycles. The summed E-state index contributed by atoms with van der Waals surface area (Å²) in [6, 6.07) is 18.1. The van der Waals surface area contributed by atoms with Crippen molar-refractivity contribution in [3.05, 3.63) is 82.9 Å². The number of aliphatic hydroxyl groups is 1. The van der Waals surface area contributed by atoms with Crippen LogP contribution in [-0.2, 0) is 15.1 Å². The van der Waals surface area contributed by atoms with Crippen molar-refractivity contribution < 1.29 is 19.4 Å². The fourth-order valence-electron chi connectivity index (χ4n) is 5.32. The summed E-state index contributed by atoms with van der Waals surface area (Å²) in [4.78, 5) is 19.7. The summed E-state index contributed by atoms with van der Waals surface area (Å²) in [5, 5.41) is 10.6. The molecule has 1 fully saturated rings. The first-order valence-corrected chi connectivity index (χ1v) is 12.9. The number of rotatable bonds is 7. The average Bonchev–Trinajstić information content (AvgIpc) is 2.85. The van der Waals surface area contributed by atoms with Gasteiger partial charge in [-0.2, -0.15) is 0 Å². The molecule has 0 saturated carbocycles. The topological polar surface area (TPSA) is 71.4 Å². The summed E-state index contributed by atoms with van der Waals surface area (Å²) in [6.45, 7) is 11.4. The van der Waals surface area contributed by atoms with Gasteiger partial charge in [0.25, 0.3) is 0 Å². The highest BCUT2D eigenvalue weighted by Crippen LogP contribution is 2.42. The van der Waals surface area contributed by atoms with Crippen molar-refractivity contribution in [3.8, 4) is 0 Å². The molecule has 0 radical (unpaired) electrons. The van der Waals surface area contributed by atoms with Gasteiger partial charge in [-0.05, 0) is 51.3 Å². The predicted molar refractivity (Wildman–Crippen MR) is 142 cm³/mol. The Morgan fingerprint density at radius 1 is 1.19 bits per heavy atom. The van der Waals surface area contributed by atoms with E-state index in [4.69, 9.17) is 9.47 Å². The van der Waals surface area contributed by atoms with Crippen molar-refractivity contribution in [2.24, 2.45) is 4.99 Å². The Kier molecular flexibility index (Phi) is 7.55. The van der Waals surface area contributed by atoms with Crippen LogP contribution in [0, 0.1) is 0 Å². The Morgan fingerprint density at radius 3 is 2.47 bits per heavy atom. The molecule has 6 nitrogen and oxygen atoms in total. The summed E-state index contributed by atoms with van der Waals surface area (Å²) in [6.07, 6.45) is 2.81. The molecule has 2 unspecified atom stereocenters. The lowest BCUT2D eigenvalue weighted by atomic mass is 9.80. The van der Waals surface area contributed by atoms with E-state index in [1.807, 2.05) is 51.1 Å². The van der Waals surface area contributed by atoms with Gasteiger partial charge >= 0.3 is 6.09 Å². The van der Waals surface area contributed by atoms with Gasteiger partial charge in [0, 0.05) is 30.9 Å². The molecule has 6 heteroatoms. The molecule has 1 saturated heterocycles. The lowest BCUT2D eigenvalue weighted by molar-refractivity contribution is -0.101. The largest absolute Gasteiger partial charge is 0.478 e. The molecule has 4 rings (SSSR count). The third-order valence-corrected chi connectivity index (χ3v) is 7.11. The molecular weight excluding hydrogens is 452 g/mol. The van der Waals surface area contributed by atoms with Crippen molar-refractivity contribution in [2.75, 3.05) is 19.7 Å². The molecule has 0 aromatic heterocycles. The van der Waals surface area contributed by atoms with Gasteiger partial charge in [0.2, 0.25) is 5.90 Å². The van der Waals surface area contributed by atoms with Crippen molar-refractivity contribution in [1.29, 1.82) is 0 Å². The number of cyclic esters (lactones) is 1. The zero-order chi connectivity index (χ0) is 25.9. The van der Waals surface area contributed by atoms with Crippen LogP contribution in [0.2, 0.25) is 0 Å². The number of carbonyl (C=O) groups excluding carboxylic acids is 1. The SMILES string of the molecule is CCOC1=NCC(c2ccc(C(C)N3CC[C@](CC(C)(C)O)(c4ccccc4)OC3=O)cc2)C=C1C. The van der Waals surface area contributed by atoms with E-state index in [0.29, 0.717) is 32.5 Å². The molecule has 1 N–H and O–H groups in total. The van der Waals surface area contributed by atoms with Gasteiger partial charge in [-0.15, -0.1) is 0 Å². The van der Waals surface area contributed by atoms with Gasteiger partial charge in [-0.1, -0.05) is 60.7 Å². The maximum Gasteiger partial charge on any atom is 0.411 e. The lowest BCUT2D eigenvalue weighted by Crippen LogP contribution is -2.51. The van der Waals surface area contributed by atoms with Gasteiger partial charge in [0.1, 0.15) is 5.60 Å². The van der Waals surface area contributed by atoms with Gasteiger partial charge in [0.05, 0.1) is 24.8 Å². The van der Waals surface area contributed by atoms with Gasteiger partial charge in [-0.3, -0.25) is 4.99 Å². The smallest absolute Gasteiger partial charge is 0.411 e. The molecular formula is C30H38N2O4. The van der Waals surface area contributed by atoms with E-state index < -0.39 is 11.2 Å². The number of benzene rings is 2. The highest BCUT2D eigenvalue weighted by atomic mass is 16.6. The molecule has 36 heavy (non-hydrogen) atoms. The van der Waals surface area contributed by atoms with Crippen LogP contribution in [0.15, 0.2) is 71.2 Å². The first-order chi connectivity index (χ1) is 17.1. The Morgan fingerprint density at radius 2 is 1.89 bits per heavy atom. The van der Waals surface area contributed by atoms with Crippen LogP contribution in [0.4, 0.5) is 4.79 Å². The van der Waals surface area contributed by atoms with Crippen LogP contribution >= 0.6 is 0 Å². The highest BCUT2D eigenvalue weighted by Gasteiger charge is 2.46. The van der Waals surface area contributed by atoms with Crippen LogP contribution in [0.3, 0.4) is 0 Å². The van der Waals surface area contributed by atoms with Crippen LogP contribution in [0.25, 0.3) is 0 Å². The molecule has 2 aliphatic rings. The quantitative estimate of drug-likeness (QED) is 0.507. The second-order valence-corrected chi connectivity index (χ2v) is 10.5. The average molecular weight is 491 g/mol. The minimum Gasteiger partial charge on any atom is -0.478 e. The summed E-state index contributed by atoms with van der Waals surface area (Å²) in [5.74, 6) is 0.950. The van der Waals surface area contributed by atoms with Crippen LogP contribution < -0.4 is 0 Å². The molecule has 2 heterocycles. The van der Waals surface area contributed by atoms with E-state index in [-0.39, 0.29) is 18.1 Å². The monoisotopic (exact) mass is 490 g/mol. The molecule has 0 spiro atoms. The molecule has 192 valence electrons. The van der Waals surface area contributed by atoms with E-state index >= 15 is 0 Å². The lowest BCUT2D eigenvalue weighted by Gasteiger charge is -2.45. The van der Waals surface area contributed by atoms with Gasteiger partial charge in [0.15, 0.2) is 0 Å². The van der Waals surface area contributed by atoms with Crippen molar-refractivity contribution in [2.45, 2.75) is 70.6 Å². The van der Waals surface area contributed by atoms with Crippen molar-refractivity contribution in [1.82, 2.24) is 4.90 Å². The summed E-state index contributed by atoms with van der Waals surface area (Å²) < 4.78 is 11.7. The van der Waals surface area contributed by atoms with E-state index in [0.717, 1.165) is 22.6 Å². The first kappa shape index (κ1) is 26.0. The molecule has 1 amide bonds. The molecule has 2 aliphatic heterocycles. The van der Waals surface area contributed by atoms with E-state index in [1.165, 1.54) is 5.56 Å². The molecule has 0 bridgehead atoms. The summed E-state index contributed by atoms with van der Waals surface area (Å²) in [5.41, 5.74) is 2.42. The minimum absolute atomic E-state index is 0.131. The maximum atomic E-state index is 13.3. The molecule has 3 atom stereocenters. The third kappa shape index (κ3) is 5.65. The molecule has 2 aromatic carbocycles. The summed E-state index contributed by atoms with van der Waals surface area (Å²) in [7, 11) is 0. The van der Waals surface area contributed by atoms with E-state index in [9.17, 15) is 9.90 Å². The Bertz CT molecular complexity index is 1120. The van der Waals surface area contributed by atoms with Crippen LogP contribution in [0.5, 0.6) is 0 Å². The molecule has 2 aromatic rings. The number of ether oxygens (including phenoxy) is 2. The Labute approximate surface area is 214 Å². The number of amides is 1. The third-order valence-electron chi connectivity index (χ3n) is 7.11. The second-order valence-electron chi connectivity index (χ2n) is 10.5. The number of carbonyl (C=O) groups is 1. The van der Waals surface area contributed by atoms with Gasteiger partial charge in [-0.25, -0.2) is 4.79 Å². The summed E-state index contributed by atoms with van der Waals surface area (Å²) >= 11 is 0. The highest BCUT2D eigenvalue weighted by molar-refractivity contribution is 5.93. The zero-order valence-corrected chi connectivity index (χ0v) is 22.0. The minimum atomic E-state index is -0.973. The Hall–Kier alpha value is -3.12. The number of nitrogens with zero attached hydrogens (tertiary/aromatic N) is 2. The van der Waals surface area contributed by atoms with Crippen molar-refractivity contribution >= 4 is 12.0 Å². The van der Waals surface area contributed by atoms with Crippen molar-refractivity contribution in [3.63, 3.8) is 0 Å². The number of hydrogen-bond donors (Lipinski definition) is 1. The van der Waals surface area contributed by atoms with Crippen LogP contribution in [0.1, 0.15) is 76.1 Å². The first-order valence-electron chi connectivity index (χ1n) is 12.9. The van der Waals surface area contributed by atoms with Gasteiger partial charge < -0.3 is 19.5 Å². The zero-order valence-electron chi connectivity index (χ0n) is 22.0. The fourth-order valence-corrected chi connectivity index (χ4v) is 5.32. The van der Waals surface area contributed by atoms with E-state index in [1.54, 1.807) is 18.7 Å². The second kappa shape index (κ2) is 10.5.